The Balaban J connectivity index is 1.45. The number of aryl methyl sites for hydroxylation is 1. The number of aromatic nitrogens is 3. The maximum absolute atomic E-state index is 11.9. The number of hydrogen-bond acceptors (Lipinski definition) is 9. The number of thioether (sulfide) groups is 1. The average Bonchev–Trinajstić information content (AvgIpc) is 3.29. The Kier molecular flexibility index (Phi) is 5.79. The summed E-state index contributed by atoms with van der Waals surface area (Å²) in [6.45, 7) is 1.74. The second kappa shape index (κ2) is 8.23. The first-order valence-electron chi connectivity index (χ1n) is 7.10. The Labute approximate surface area is 155 Å². The van der Waals surface area contributed by atoms with Crippen LogP contribution in [0, 0.1) is 6.92 Å². The predicted octanol–water partition coefficient (Wildman–Crippen LogP) is 2.81. The average molecular weight is 395 g/mol. The van der Waals surface area contributed by atoms with Crippen LogP contribution in [0.25, 0.3) is 0 Å². The number of carbonyl (C=O) groups excluding carboxylic acids is 2. The monoisotopic (exact) mass is 395 g/mol. The second-order valence-electron chi connectivity index (χ2n) is 4.84. The summed E-state index contributed by atoms with van der Waals surface area (Å²) >= 11 is 3.98. The van der Waals surface area contributed by atoms with E-state index in [1.807, 2.05) is 17.5 Å². The molecule has 0 unspecified atom stereocenters. The molecule has 0 fully saturated rings. The third kappa shape index (κ3) is 5.37. The highest BCUT2D eigenvalue weighted by molar-refractivity contribution is 8.01. The summed E-state index contributed by atoms with van der Waals surface area (Å²) in [5.74, 6) is 0.784. The molecular weight excluding hydrogens is 382 g/mol. The third-order valence-corrected chi connectivity index (χ3v) is 5.64. The minimum absolute atomic E-state index is 0.144. The van der Waals surface area contributed by atoms with E-state index in [2.05, 4.69) is 26.0 Å². The van der Waals surface area contributed by atoms with Gasteiger partial charge in [-0.25, -0.2) is 0 Å². The second-order valence-corrected chi connectivity index (χ2v) is 8.07. The van der Waals surface area contributed by atoms with E-state index in [4.69, 9.17) is 4.52 Å². The molecule has 11 heteroatoms. The van der Waals surface area contributed by atoms with Crippen molar-refractivity contribution in [3.8, 4) is 0 Å². The van der Waals surface area contributed by atoms with Crippen molar-refractivity contribution in [1.82, 2.24) is 15.4 Å². The van der Waals surface area contributed by atoms with Crippen molar-refractivity contribution < 1.29 is 14.1 Å². The summed E-state index contributed by atoms with van der Waals surface area (Å²) in [4.78, 5) is 24.7. The number of amides is 2. The molecule has 0 saturated heterocycles. The molecule has 0 bridgehead atoms. The fourth-order valence-corrected chi connectivity index (χ4v) is 4.06. The van der Waals surface area contributed by atoms with Gasteiger partial charge in [-0.15, -0.1) is 21.5 Å². The van der Waals surface area contributed by atoms with Crippen molar-refractivity contribution in [1.29, 1.82) is 0 Å². The molecule has 25 heavy (non-hydrogen) atoms. The summed E-state index contributed by atoms with van der Waals surface area (Å²) in [6, 6.07) is 5.44. The van der Waals surface area contributed by atoms with Crippen LogP contribution in [0.5, 0.6) is 0 Å². The quantitative estimate of drug-likeness (QED) is 0.467. The Hall–Kier alpha value is -2.24. The van der Waals surface area contributed by atoms with Crippen molar-refractivity contribution >= 4 is 57.2 Å². The standard InChI is InChI=1S/C14H13N5O3S3/c1-8-5-10(19-22-8)15-12(21)7-24-14-18-17-13(25-14)16-11(20)6-9-3-2-4-23-9/h2-5H,6-7H2,1H3,(H,15,19,21)(H,16,17,20). The molecule has 3 rings (SSSR count). The van der Waals surface area contributed by atoms with Crippen molar-refractivity contribution in [3.05, 3.63) is 34.2 Å². The lowest BCUT2D eigenvalue weighted by molar-refractivity contribution is -0.115. The van der Waals surface area contributed by atoms with E-state index in [1.54, 1.807) is 13.0 Å². The highest BCUT2D eigenvalue weighted by Gasteiger charge is 2.12. The van der Waals surface area contributed by atoms with Gasteiger partial charge in [0.1, 0.15) is 5.76 Å². The molecule has 2 amide bonds. The molecule has 0 atom stereocenters. The van der Waals surface area contributed by atoms with Crippen LogP contribution in [0.15, 0.2) is 32.4 Å². The van der Waals surface area contributed by atoms with E-state index >= 15 is 0 Å². The molecule has 3 heterocycles. The van der Waals surface area contributed by atoms with Crippen molar-refractivity contribution in [2.75, 3.05) is 16.4 Å². The molecule has 0 saturated carbocycles. The van der Waals surface area contributed by atoms with Gasteiger partial charge in [0, 0.05) is 10.9 Å². The van der Waals surface area contributed by atoms with Crippen molar-refractivity contribution in [2.45, 2.75) is 17.7 Å². The Morgan fingerprint density at radius 3 is 2.88 bits per heavy atom. The van der Waals surface area contributed by atoms with Crippen molar-refractivity contribution in [2.24, 2.45) is 0 Å². The van der Waals surface area contributed by atoms with E-state index in [-0.39, 0.29) is 17.6 Å². The van der Waals surface area contributed by atoms with Gasteiger partial charge >= 0.3 is 0 Å². The minimum atomic E-state index is -0.225. The SMILES string of the molecule is Cc1cc(NC(=O)CSc2nnc(NC(=O)Cc3cccs3)s2)no1. The lowest BCUT2D eigenvalue weighted by atomic mass is 10.3. The summed E-state index contributed by atoms with van der Waals surface area (Å²) < 4.78 is 5.47. The van der Waals surface area contributed by atoms with Crippen LogP contribution >= 0.6 is 34.4 Å². The molecule has 0 aliphatic rings. The zero-order valence-electron chi connectivity index (χ0n) is 13.0. The third-order valence-electron chi connectivity index (χ3n) is 2.79. The first-order valence-corrected chi connectivity index (χ1v) is 9.78. The molecule has 3 aromatic heterocycles. The number of thiophene rings is 1. The van der Waals surface area contributed by atoms with Crippen molar-refractivity contribution in [3.63, 3.8) is 0 Å². The molecule has 8 nitrogen and oxygen atoms in total. The first kappa shape index (κ1) is 17.6. The molecule has 2 N–H and O–H groups in total. The zero-order chi connectivity index (χ0) is 17.6. The van der Waals surface area contributed by atoms with E-state index in [9.17, 15) is 9.59 Å². The Bertz CT molecular complexity index is 859. The molecule has 0 spiro atoms. The van der Waals surface area contributed by atoms with Gasteiger partial charge in [-0.1, -0.05) is 34.3 Å². The van der Waals surface area contributed by atoms with Crippen LogP contribution in [0.1, 0.15) is 10.6 Å². The summed E-state index contributed by atoms with van der Waals surface area (Å²) in [5, 5.41) is 19.2. The lowest BCUT2D eigenvalue weighted by Crippen LogP contribution is -2.14. The highest BCUT2D eigenvalue weighted by Crippen LogP contribution is 2.25. The maximum Gasteiger partial charge on any atom is 0.236 e. The zero-order valence-corrected chi connectivity index (χ0v) is 15.5. The summed E-state index contributed by atoms with van der Waals surface area (Å²) in [6.07, 6.45) is 0.305. The molecule has 0 aromatic carbocycles. The summed E-state index contributed by atoms with van der Waals surface area (Å²) in [5.41, 5.74) is 0. The number of rotatable bonds is 7. The maximum atomic E-state index is 11.9. The van der Waals surface area contributed by atoms with Gasteiger partial charge < -0.3 is 15.2 Å². The fraction of sp³-hybridized carbons (Fsp3) is 0.214. The van der Waals surface area contributed by atoms with E-state index in [1.165, 1.54) is 34.4 Å². The number of nitrogens with zero attached hydrogens (tertiary/aromatic N) is 3. The molecule has 130 valence electrons. The van der Waals surface area contributed by atoms with Gasteiger partial charge in [0.2, 0.25) is 16.9 Å². The van der Waals surface area contributed by atoms with E-state index in [0.29, 0.717) is 27.5 Å². The van der Waals surface area contributed by atoms with Gasteiger partial charge in [0.05, 0.1) is 12.2 Å². The van der Waals surface area contributed by atoms with Crippen LogP contribution in [0.4, 0.5) is 10.9 Å². The van der Waals surface area contributed by atoms with Gasteiger partial charge in [-0.2, -0.15) is 0 Å². The molecule has 0 radical (unpaired) electrons. The lowest BCUT2D eigenvalue weighted by Gasteiger charge is -1.99. The number of nitrogens with one attached hydrogen (secondary N) is 2. The largest absolute Gasteiger partial charge is 0.360 e. The molecule has 0 aliphatic heterocycles. The topological polar surface area (TPSA) is 110 Å². The van der Waals surface area contributed by atoms with Gasteiger partial charge in [-0.05, 0) is 18.4 Å². The van der Waals surface area contributed by atoms with Gasteiger partial charge in [0.25, 0.3) is 0 Å². The van der Waals surface area contributed by atoms with Crippen LogP contribution in [0.3, 0.4) is 0 Å². The molecule has 3 aromatic rings. The van der Waals surface area contributed by atoms with Gasteiger partial charge in [-0.3, -0.25) is 9.59 Å². The van der Waals surface area contributed by atoms with Crippen LogP contribution in [-0.4, -0.2) is 32.9 Å². The molecular formula is C14H13N5O3S3. The highest BCUT2D eigenvalue weighted by atomic mass is 32.2. The van der Waals surface area contributed by atoms with E-state index in [0.717, 1.165) is 4.88 Å². The van der Waals surface area contributed by atoms with Crippen LogP contribution < -0.4 is 10.6 Å². The number of carbonyl (C=O) groups is 2. The predicted molar refractivity (Wildman–Crippen MR) is 97.2 cm³/mol. The smallest absolute Gasteiger partial charge is 0.236 e. The number of hydrogen-bond donors (Lipinski definition) is 2. The van der Waals surface area contributed by atoms with Crippen LogP contribution in [-0.2, 0) is 16.0 Å². The molecule has 0 aliphatic carbocycles. The Morgan fingerprint density at radius 2 is 2.16 bits per heavy atom. The normalized spacial score (nSPS) is 10.6. The van der Waals surface area contributed by atoms with E-state index < -0.39 is 0 Å². The summed E-state index contributed by atoms with van der Waals surface area (Å²) in [7, 11) is 0. The number of anilines is 2. The minimum Gasteiger partial charge on any atom is -0.360 e. The first-order chi connectivity index (χ1) is 12.1. The fourth-order valence-electron chi connectivity index (χ4n) is 1.79. The Morgan fingerprint density at radius 1 is 1.28 bits per heavy atom. The van der Waals surface area contributed by atoms with Gasteiger partial charge in [0.15, 0.2) is 10.2 Å². The van der Waals surface area contributed by atoms with Crippen LogP contribution in [0.2, 0.25) is 0 Å².